The molecule has 0 saturated heterocycles. The van der Waals surface area contributed by atoms with Gasteiger partial charge < -0.3 is 10.0 Å². The molecule has 3 heteroatoms. The maximum absolute atomic E-state index is 12.4. The number of hydrogen-bond acceptors (Lipinski definition) is 3. The third-order valence-corrected chi connectivity index (χ3v) is 10.9. The molecule has 0 amide bonds. The second kappa shape index (κ2) is 8.52. The molecule has 1 aromatic rings. The lowest BCUT2D eigenvalue weighted by atomic mass is 9.43. The first kappa shape index (κ1) is 24.6. The minimum Gasteiger partial charge on any atom is -0.377 e. The maximum atomic E-state index is 12.4. The second-order valence-corrected chi connectivity index (χ2v) is 12.7. The van der Waals surface area contributed by atoms with Gasteiger partial charge in [0, 0.05) is 30.6 Å². The van der Waals surface area contributed by atoms with Gasteiger partial charge in [0.1, 0.15) is 5.60 Å². The summed E-state index contributed by atoms with van der Waals surface area (Å²) in [6, 6.07) is 9.68. The van der Waals surface area contributed by atoms with E-state index < -0.39 is 5.60 Å². The van der Waals surface area contributed by atoms with Crippen LogP contribution in [0.15, 0.2) is 35.9 Å². The van der Waals surface area contributed by atoms with Gasteiger partial charge in [0.2, 0.25) is 0 Å². The molecule has 3 fully saturated rings. The van der Waals surface area contributed by atoms with E-state index in [1.54, 1.807) is 0 Å². The number of allylic oxidation sites excluding steroid dienone is 1. The first-order chi connectivity index (χ1) is 16.5. The fraction of sp³-hybridized carbons (Fsp3) is 0.656. The van der Waals surface area contributed by atoms with E-state index in [1.165, 1.54) is 16.8 Å². The van der Waals surface area contributed by atoms with E-state index in [0.717, 1.165) is 38.5 Å². The summed E-state index contributed by atoms with van der Waals surface area (Å²) in [4.78, 5) is 14.7. The van der Waals surface area contributed by atoms with Gasteiger partial charge in [0.25, 0.3) is 0 Å². The van der Waals surface area contributed by atoms with E-state index in [2.05, 4.69) is 75.7 Å². The van der Waals surface area contributed by atoms with Gasteiger partial charge in [-0.3, -0.25) is 4.79 Å². The first-order valence-electron chi connectivity index (χ1n) is 13.8. The Morgan fingerprint density at radius 1 is 1.09 bits per heavy atom. The van der Waals surface area contributed by atoms with Crippen LogP contribution in [0.5, 0.6) is 0 Å². The lowest BCUT2D eigenvalue weighted by Crippen LogP contribution is -2.57. The number of carbonyl (C=O) groups excluding carboxylic acids is 1. The summed E-state index contributed by atoms with van der Waals surface area (Å²) < 4.78 is 0. The highest BCUT2D eigenvalue weighted by molar-refractivity contribution is 5.91. The third-order valence-electron chi connectivity index (χ3n) is 10.9. The Balaban J connectivity index is 1.62. The molecule has 1 aromatic carbocycles. The van der Waals surface area contributed by atoms with Crippen molar-refractivity contribution in [1.82, 2.24) is 0 Å². The fourth-order valence-electron chi connectivity index (χ4n) is 8.74. The fourth-order valence-corrected chi connectivity index (χ4v) is 8.74. The summed E-state index contributed by atoms with van der Waals surface area (Å²) in [7, 11) is 2.16. The summed E-state index contributed by atoms with van der Waals surface area (Å²) >= 11 is 0. The Kier molecular flexibility index (Phi) is 5.99. The van der Waals surface area contributed by atoms with E-state index >= 15 is 0 Å². The molecule has 0 aromatic heterocycles. The van der Waals surface area contributed by atoms with Gasteiger partial charge in [0.05, 0.1) is 0 Å². The van der Waals surface area contributed by atoms with Crippen molar-refractivity contribution in [3.8, 4) is 11.8 Å². The predicted molar refractivity (Wildman–Crippen MR) is 143 cm³/mol. The highest BCUT2D eigenvalue weighted by atomic mass is 16.3. The summed E-state index contributed by atoms with van der Waals surface area (Å²) in [6.07, 6.45) is 8.58. The van der Waals surface area contributed by atoms with Crippen LogP contribution in [0.2, 0.25) is 0 Å². The predicted octanol–water partition coefficient (Wildman–Crippen LogP) is 6.51. The molecule has 0 unspecified atom stereocenters. The van der Waals surface area contributed by atoms with Crippen LogP contribution in [0, 0.1) is 40.4 Å². The molecule has 0 heterocycles. The minimum atomic E-state index is -0.910. The smallest absolute Gasteiger partial charge is 0.155 e. The second-order valence-electron chi connectivity index (χ2n) is 12.7. The number of nitrogens with zero attached hydrogens (tertiary/aromatic N) is 1. The molecule has 35 heavy (non-hydrogen) atoms. The van der Waals surface area contributed by atoms with Gasteiger partial charge in [-0.25, -0.2) is 0 Å². The molecule has 0 aliphatic heterocycles. The van der Waals surface area contributed by atoms with Crippen molar-refractivity contribution >= 4 is 11.5 Å². The van der Waals surface area contributed by atoms with Crippen molar-refractivity contribution in [3.05, 3.63) is 41.5 Å². The highest BCUT2D eigenvalue weighted by Gasteiger charge is 2.66. The average molecular weight is 474 g/mol. The zero-order valence-corrected chi connectivity index (χ0v) is 22.5. The number of hydrogen-bond donors (Lipinski definition) is 1. The molecule has 188 valence electrons. The van der Waals surface area contributed by atoms with Crippen molar-refractivity contribution in [2.24, 2.45) is 28.6 Å². The molecule has 4 aliphatic rings. The Morgan fingerprint density at radius 2 is 1.80 bits per heavy atom. The van der Waals surface area contributed by atoms with Gasteiger partial charge in [-0.2, -0.15) is 0 Å². The molecule has 5 rings (SSSR count). The monoisotopic (exact) mass is 473 g/mol. The largest absolute Gasteiger partial charge is 0.377 e. The Morgan fingerprint density at radius 3 is 2.46 bits per heavy atom. The molecule has 7 atom stereocenters. The topological polar surface area (TPSA) is 40.5 Å². The lowest BCUT2D eigenvalue weighted by molar-refractivity contribution is -0.122. The van der Waals surface area contributed by atoms with Gasteiger partial charge in [0.15, 0.2) is 5.78 Å². The highest BCUT2D eigenvalue weighted by Crippen LogP contribution is 2.70. The zero-order chi connectivity index (χ0) is 25.2. The van der Waals surface area contributed by atoms with Crippen LogP contribution in [0.4, 0.5) is 5.69 Å². The number of carbonyl (C=O) groups is 1. The van der Waals surface area contributed by atoms with Crippen LogP contribution in [0.25, 0.3) is 0 Å². The van der Waals surface area contributed by atoms with Crippen molar-refractivity contribution in [2.75, 3.05) is 11.9 Å². The Labute approximate surface area is 212 Å². The number of rotatable bonds is 3. The van der Waals surface area contributed by atoms with Crippen LogP contribution in [0.1, 0.15) is 91.0 Å². The van der Waals surface area contributed by atoms with Gasteiger partial charge in [-0.05, 0) is 112 Å². The van der Waals surface area contributed by atoms with E-state index in [9.17, 15) is 9.90 Å². The van der Waals surface area contributed by atoms with Gasteiger partial charge in [-0.15, -0.1) is 5.92 Å². The third kappa shape index (κ3) is 3.62. The maximum Gasteiger partial charge on any atom is 0.155 e. The van der Waals surface area contributed by atoms with E-state index in [1.807, 2.05) is 13.0 Å². The minimum absolute atomic E-state index is 0.0629. The number of anilines is 1. The van der Waals surface area contributed by atoms with Crippen molar-refractivity contribution in [1.29, 1.82) is 0 Å². The number of ketones is 1. The quantitative estimate of drug-likeness (QED) is 0.509. The number of benzene rings is 1. The van der Waals surface area contributed by atoms with E-state index in [4.69, 9.17) is 0 Å². The molecular formula is C32H43NO2. The summed E-state index contributed by atoms with van der Waals surface area (Å²) in [5, 5.41) is 11.9. The number of aliphatic hydroxyl groups is 1. The molecule has 1 N–H and O–H groups in total. The van der Waals surface area contributed by atoms with Crippen LogP contribution in [0.3, 0.4) is 0 Å². The van der Waals surface area contributed by atoms with Gasteiger partial charge in [-0.1, -0.05) is 37.5 Å². The molecule has 0 spiro atoms. The molecule has 4 aliphatic carbocycles. The molecule has 0 bridgehead atoms. The zero-order valence-electron chi connectivity index (χ0n) is 22.5. The average Bonchev–Trinajstić information content (AvgIpc) is 3.09. The van der Waals surface area contributed by atoms with Crippen molar-refractivity contribution in [3.63, 3.8) is 0 Å². The normalized spacial score (nSPS) is 40.2. The SMILES string of the molecule is CC#C[C@]1(O)CC[C@H]2[C@@H]3CCC4=CC(=O)CC[C@]4(C)[C@H]3[C@@H](c3ccc(N(C)C(C)C)cc3)C[C@@]21C. The number of fused-ring (bicyclic) bond motifs is 5. The van der Waals surface area contributed by atoms with Crippen LogP contribution in [-0.2, 0) is 4.79 Å². The van der Waals surface area contributed by atoms with Crippen LogP contribution < -0.4 is 4.90 Å². The first-order valence-corrected chi connectivity index (χ1v) is 13.8. The molecule has 3 nitrogen and oxygen atoms in total. The molecule has 3 saturated carbocycles. The summed E-state index contributed by atoms with van der Waals surface area (Å²) in [5.74, 6) is 8.55. The van der Waals surface area contributed by atoms with Crippen molar-refractivity contribution in [2.45, 2.75) is 97.1 Å². The van der Waals surface area contributed by atoms with E-state index in [-0.39, 0.29) is 10.8 Å². The Bertz CT molecular complexity index is 1090. The standard InChI is InChI=1S/C32H43NO2/c1-7-16-32(35)18-15-28-26-13-10-23-19-25(34)14-17-30(23,4)29(26)27(20-31(28,32)5)22-8-11-24(12-9-22)33(6)21(2)3/h8-9,11-12,19,21,26-29,35H,10,13-15,17-18,20H2,1-6H3/t26-,27+,28-,29+,30-,31-,32-/m0/s1. The van der Waals surface area contributed by atoms with Gasteiger partial charge >= 0.3 is 0 Å². The van der Waals surface area contributed by atoms with Crippen molar-refractivity contribution < 1.29 is 9.90 Å². The summed E-state index contributed by atoms with van der Waals surface area (Å²) in [5.41, 5.74) is 2.96. The lowest BCUT2D eigenvalue weighted by Gasteiger charge is -2.61. The van der Waals surface area contributed by atoms with E-state index in [0.29, 0.717) is 41.9 Å². The van der Waals surface area contributed by atoms with Crippen LogP contribution >= 0.6 is 0 Å². The molecular weight excluding hydrogens is 430 g/mol. The Hall–Kier alpha value is -2.05. The summed E-state index contributed by atoms with van der Waals surface area (Å²) in [6.45, 7) is 11.1. The van der Waals surface area contributed by atoms with Crippen LogP contribution in [-0.4, -0.2) is 29.6 Å². The molecule has 0 radical (unpaired) electrons.